The minimum absolute atomic E-state index is 0.128. The Balaban J connectivity index is 1.95. The quantitative estimate of drug-likeness (QED) is 0.793. The fourth-order valence-electron chi connectivity index (χ4n) is 1.65. The smallest absolute Gasteiger partial charge is 0.350 e. The Hall–Kier alpha value is -2.43. The van der Waals surface area contributed by atoms with Crippen molar-refractivity contribution in [2.24, 2.45) is 0 Å². The number of ether oxygens (including phenoxy) is 2. The van der Waals surface area contributed by atoms with Crippen molar-refractivity contribution in [1.29, 1.82) is 0 Å². The van der Waals surface area contributed by atoms with Crippen LogP contribution in [-0.2, 0) is 16.1 Å². The summed E-state index contributed by atoms with van der Waals surface area (Å²) >= 11 is 0. The predicted octanol–water partition coefficient (Wildman–Crippen LogP) is 3.12. The van der Waals surface area contributed by atoms with Gasteiger partial charge in [0.2, 0.25) is 0 Å². The molecule has 0 amide bonds. The molecule has 110 valence electrons. The number of nitrogens with zero attached hydrogens (tertiary/aromatic N) is 1. The van der Waals surface area contributed by atoms with E-state index < -0.39 is 11.6 Å². The van der Waals surface area contributed by atoms with Gasteiger partial charge in [-0.1, -0.05) is 6.07 Å². The minimum atomic E-state index is -1.17. The molecule has 1 heterocycles. The third kappa shape index (κ3) is 4.27. The molecule has 0 aliphatic heterocycles. The van der Waals surface area contributed by atoms with E-state index >= 15 is 0 Å². The summed E-state index contributed by atoms with van der Waals surface area (Å²) in [5.41, 5.74) is -0.372. The lowest BCUT2D eigenvalue weighted by Crippen LogP contribution is -2.39. The Kier molecular flexibility index (Phi) is 4.52. The second kappa shape index (κ2) is 6.35. The van der Waals surface area contributed by atoms with Gasteiger partial charge in [0.15, 0.2) is 5.60 Å². The maximum atomic E-state index is 12.8. The van der Waals surface area contributed by atoms with Gasteiger partial charge in [0.05, 0.1) is 0 Å². The number of aromatic nitrogens is 1. The summed E-state index contributed by atoms with van der Waals surface area (Å²) in [6.07, 6.45) is 3.27. The first-order valence-electron chi connectivity index (χ1n) is 6.48. The van der Waals surface area contributed by atoms with Gasteiger partial charge in [-0.05, 0) is 44.2 Å². The van der Waals surface area contributed by atoms with Crippen molar-refractivity contribution in [3.63, 3.8) is 0 Å². The second-order valence-electron chi connectivity index (χ2n) is 5.00. The van der Waals surface area contributed by atoms with E-state index in [0.717, 1.165) is 5.56 Å². The van der Waals surface area contributed by atoms with Crippen LogP contribution in [0.25, 0.3) is 0 Å². The molecular formula is C16H16FNO3. The molecule has 4 nitrogen and oxygen atoms in total. The molecule has 0 fully saturated rings. The summed E-state index contributed by atoms with van der Waals surface area (Å²) in [4.78, 5) is 16.0. The Bertz CT molecular complexity index is 597. The lowest BCUT2D eigenvalue weighted by atomic mass is 10.1. The molecule has 1 aromatic carbocycles. The zero-order chi connectivity index (χ0) is 15.3. The molecule has 0 spiro atoms. The Morgan fingerprint density at radius 3 is 2.57 bits per heavy atom. The molecule has 0 aliphatic rings. The van der Waals surface area contributed by atoms with Crippen molar-refractivity contribution in [2.45, 2.75) is 26.1 Å². The third-order valence-electron chi connectivity index (χ3n) is 2.77. The number of benzene rings is 1. The number of carbonyl (C=O) groups excluding carboxylic acids is 1. The van der Waals surface area contributed by atoms with E-state index in [9.17, 15) is 9.18 Å². The normalized spacial score (nSPS) is 11.0. The third-order valence-corrected chi connectivity index (χ3v) is 2.77. The summed E-state index contributed by atoms with van der Waals surface area (Å²) in [5.74, 6) is -0.463. The molecule has 0 saturated carbocycles. The Morgan fingerprint density at radius 2 is 1.95 bits per heavy atom. The SMILES string of the molecule is CC(C)(Oc1ccc(F)cc1)C(=O)OCc1cccnc1. The molecule has 0 unspecified atom stereocenters. The Morgan fingerprint density at radius 1 is 1.24 bits per heavy atom. The van der Waals surface area contributed by atoms with Gasteiger partial charge in [0.1, 0.15) is 18.2 Å². The van der Waals surface area contributed by atoms with Gasteiger partial charge < -0.3 is 9.47 Å². The van der Waals surface area contributed by atoms with Crippen LogP contribution in [0.3, 0.4) is 0 Å². The molecule has 0 bridgehead atoms. The molecule has 21 heavy (non-hydrogen) atoms. The number of hydrogen-bond acceptors (Lipinski definition) is 4. The van der Waals surface area contributed by atoms with Crippen molar-refractivity contribution in [2.75, 3.05) is 0 Å². The molecule has 0 atom stereocenters. The van der Waals surface area contributed by atoms with Gasteiger partial charge in [-0.3, -0.25) is 4.98 Å². The number of halogens is 1. The van der Waals surface area contributed by atoms with E-state index in [0.29, 0.717) is 5.75 Å². The maximum absolute atomic E-state index is 12.8. The van der Waals surface area contributed by atoms with E-state index in [1.54, 1.807) is 32.3 Å². The van der Waals surface area contributed by atoms with Crippen LogP contribution >= 0.6 is 0 Å². The van der Waals surface area contributed by atoms with Crippen LogP contribution in [0.5, 0.6) is 5.75 Å². The lowest BCUT2D eigenvalue weighted by Gasteiger charge is -2.24. The molecular weight excluding hydrogens is 273 g/mol. The highest BCUT2D eigenvalue weighted by Gasteiger charge is 2.31. The van der Waals surface area contributed by atoms with Crippen LogP contribution in [0.2, 0.25) is 0 Å². The molecule has 5 heteroatoms. The van der Waals surface area contributed by atoms with E-state index in [2.05, 4.69) is 4.98 Å². The Labute approximate surface area is 122 Å². The van der Waals surface area contributed by atoms with E-state index in [1.165, 1.54) is 24.3 Å². The first-order valence-corrected chi connectivity index (χ1v) is 6.48. The molecule has 2 rings (SSSR count). The minimum Gasteiger partial charge on any atom is -0.476 e. The van der Waals surface area contributed by atoms with Crippen LogP contribution in [0.1, 0.15) is 19.4 Å². The standard InChI is InChI=1S/C16H16FNO3/c1-16(2,21-14-7-5-13(17)6-8-14)15(19)20-11-12-4-3-9-18-10-12/h3-10H,11H2,1-2H3. The largest absolute Gasteiger partial charge is 0.476 e. The number of pyridine rings is 1. The topological polar surface area (TPSA) is 48.4 Å². The van der Waals surface area contributed by atoms with Gasteiger partial charge in [-0.2, -0.15) is 0 Å². The van der Waals surface area contributed by atoms with E-state index in [-0.39, 0.29) is 12.4 Å². The van der Waals surface area contributed by atoms with E-state index in [4.69, 9.17) is 9.47 Å². The zero-order valence-electron chi connectivity index (χ0n) is 11.9. The molecule has 1 aromatic heterocycles. The fourth-order valence-corrected chi connectivity index (χ4v) is 1.65. The van der Waals surface area contributed by atoms with Crippen LogP contribution in [0.15, 0.2) is 48.8 Å². The summed E-state index contributed by atoms with van der Waals surface area (Å²) in [6, 6.07) is 9.05. The monoisotopic (exact) mass is 289 g/mol. The first kappa shape index (κ1) is 15.0. The highest BCUT2D eigenvalue weighted by Crippen LogP contribution is 2.20. The number of rotatable bonds is 5. The number of hydrogen-bond donors (Lipinski definition) is 0. The van der Waals surface area contributed by atoms with Gasteiger partial charge in [-0.25, -0.2) is 9.18 Å². The maximum Gasteiger partial charge on any atom is 0.350 e. The molecule has 0 saturated heterocycles. The van der Waals surface area contributed by atoms with Crippen LogP contribution in [0.4, 0.5) is 4.39 Å². The molecule has 0 radical (unpaired) electrons. The summed E-state index contributed by atoms with van der Waals surface area (Å²) in [6.45, 7) is 3.33. The van der Waals surface area contributed by atoms with Crippen molar-refractivity contribution in [3.05, 3.63) is 60.2 Å². The summed E-state index contributed by atoms with van der Waals surface area (Å²) < 4.78 is 23.6. The highest BCUT2D eigenvalue weighted by atomic mass is 19.1. The fraction of sp³-hybridized carbons (Fsp3) is 0.250. The summed E-state index contributed by atoms with van der Waals surface area (Å²) in [5, 5.41) is 0. The van der Waals surface area contributed by atoms with E-state index in [1.807, 2.05) is 6.07 Å². The van der Waals surface area contributed by atoms with Crippen molar-refractivity contribution in [1.82, 2.24) is 4.98 Å². The van der Waals surface area contributed by atoms with Crippen LogP contribution in [0, 0.1) is 5.82 Å². The molecule has 2 aromatic rings. The first-order chi connectivity index (χ1) is 9.97. The molecule has 0 aliphatic carbocycles. The van der Waals surface area contributed by atoms with Crippen LogP contribution < -0.4 is 4.74 Å². The van der Waals surface area contributed by atoms with Crippen molar-refractivity contribution < 1.29 is 18.7 Å². The molecule has 0 N–H and O–H groups in total. The highest BCUT2D eigenvalue weighted by molar-refractivity contribution is 5.79. The number of esters is 1. The second-order valence-corrected chi connectivity index (χ2v) is 5.00. The van der Waals surface area contributed by atoms with Gasteiger partial charge in [0, 0.05) is 18.0 Å². The lowest BCUT2D eigenvalue weighted by molar-refractivity contribution is -0.160. The number of carbonyl (C=O) groups is 1. The van der Waals surface area contributed by atoms with Crippen LogP contribution in [-0.4, -0.2) is 16.6 Å². The van der Waals surface area contributed by atoms with Gasteiger partial charge in [-0.15, -0.1) is 0 Å². The average molecular weight is 289 g/mol. The van der Waals surface area contributed by atoms with Crippen molar-refractivity contribution >= 4 is 5.97 Å². The predicted molar refractivity (Wildman–Crippen MR) is 75.1 cm³/mol. The van der Waals surface area contributed by atoms with Gasteiger partial charge in [0.25, 0.3) is 0 Å². The zero-order valence-corrected chi connectivity index (χ0v) is 11.9. The summed E-state index contributed by atoms with van der Waals surface area (Å²) in [7, 11) is 0. The van der Waals surface area contributed by atoms with Gasteiger partial charge >= 0.3 is 5.97 Å². The average Bonchev–Trinajstić information content (AvgIpc) is 2.48. The van der Waals surface area contributed by atoms with Crippen molar-refractivity contribution in [3.8, 4) is 5.75 Å².